The monoisotopic (exact) mass is 346 g/mol. The van der Waals surface area contributed by atoms with Crippen LogP contribution in [0.1, 0.15) is 20.3 Å². The Kier molecular flexibility index (Phi) is 9.19. The summed E-state index contributed by atoms with van der Waals surface area (Å²) < 4.78 is 4.93. The zero-order valence-electron chi connectivity index (χ0n) is 13.3. The molecule has 0 bridgehead atoms. The smallest absolute Gasteiger partial charge is 0.230 e. The summed E-state index contributed by atoms with van der Waals surface area (Å²) in [5.41, 5.74) is 0. The summed E-state index contributed by atoms with van der Waals surface area (Å²) in [5, 5.41) is 3.73. The molecular formula is C14H23ClN4O2S. The topological polar surface area (TPSA) is 67.4 Å². The minimum atomic E-state index is -0.0472. The summed E-state index contributed by atoms with van der Waals surface area (Å²) in [5.74, 6) is 1.01. The van der Waals surface area contributed by atoms with Crippen molar-refractivity contribution in [2.45, 2.75) is 25.4 Å². The number of aromatic nitrogens is 2. The number of hydrogen-bond acceptors (Lipinski definition) is 6. The molecular weight excluding hydrogens is 324 g/mol. The van der Waals surface area contributed by atoms with Crippen molar-refractivity contribution < 1.29 is 9.53 Å². The fourth-order valence-corrected chi connectivity index (χ4v) is 2.70. The van der Waals surface area contributed by atoms with Crippen LogP contribution in [0.15, 0.2) is 11.2 Å². The van der Waals surface area contributed by atoms with E-state index < -0.39 is 0 Å². The maximum Gasteiger partial charge on any atom is 0.230 e. The van der Waals surface area contributed by atoms with E-state index in [4.69, 9.17) is 16.3 Å². The van der Waals surface area contributed by atoms with Crippen molar-refractivity contribution >= 4 is 35.1 Å². The molecule has 0 saturated carbocycles. The molecule has 1 amide bonds. The highest BCUT2D eigenvalue weighted by Crippen LogP contribution is 2.21. The largest absolute Gasteiger partial charge is 0.385 e. The Hall–Kier alpha value is -1.05. The highest BCUT2D eigenvalue weighted by atomic mass is 35.5. The molecule has 0 unspecified atom stereocenters. The molecule has 0 saturated heterocycles. The van der Waals surface area contributed by atoms with Crippen molar-refractivity contribution in [3.63, 3.8) is 0 Å². The summed E-state index contributed by atoms with van der Waals surface area (Å²) in [7, 11) is 1.64. The van der Waals surface area contributed by atoms with E-state index in [1.54, 1.807) is 13.2 Å². The minimum absolute atomic E-state index is 0.0472. The average molecular weight is 347 g/mol. The van der Waals surface area contributed by atoms with Crippen LogP contribution in [0.3, 0.4) is 0 Å². The van der Waals surface area contributed by atoms with Crippen LogP contribution in [-0.2, 0) is 9.53 Å². The predicted molar refractivity (Wildman–Crippen MR) is 90.8 cm³/mol. The zero-order chi connectivity index (χ0) is 16.4. The normalized spacial score (nSPS) is 10.5. The van der Waals surface area contributed by atoms with E-state index in [0.717, 1.165) is 25.3 Å². The number of carbonyl (C=O) groups excluding carboxylic acids is 1. The molecule has 0 aliphatic rings. The first-order valence-electron chi connectivity index (χ1n) is 7.28. The summed E-state index contributed by atoms with van der Waals surface area (Å²) in [4.78, 5) is 22.4. The van der Waals surface area contributed by atoms with Crippen LogP contribution in [0.4, 0.5) is 5.82 Å². The van der Waals surface area contributed by atoms with Gasteiger partial charge in [-0.25, -0.2) is 9.97 Å². The molecule has 1 rings (SSSR count). The van der Waals surface area contributed by atoms with Gasteiger partial charge in [-0.1, -0.05) is 23.4 Å². The molecule has 22 heavy (non-hydrogen) atoms. The van der Waals surface area contributed by atoms with Crippen LogP contribution >= 0.6 is 23.4 Å². The summed E-state index contributed by atoms with van der Waals surface area (Å²) in [6.07, 6.45) is 0.798. The lowest BCUT2D eigenvalue weighted by Crippen LogP contribution is -2.27. The lowest BCUT2D eigenvalue weighted by molar-refractivity contribution is -0.118. The van der Waals surface area contributed by atoms with Gasteiger partial charge in [0.25, 0.3) is 0 Å². The van der Waals surface area contributed by atoms with Gasteiger partial charge in [0.15, 0.2) is 5.16 Å². The lowest BCUT2D eigenvalue weighted by Gasteiger charge is -2.20. The fraction of sp³-hybridized carbons (Fsp3) is 0.643. The Morgan fingerprint density at radius 3 is 2.77 bits per heavy atom. The van der Waals surface area contributed by atoms with Crippen molar-refractivity contribution in [2.75, 3.05) is 44.0 Å². The molecule has 0 atom stereocenters. The van der Waals surface area contributed by atoms with Crippen molar-refractivity contribution in [1.29, 1.82) is 0 Å². The third-order valence-electron chi connectivity index (χ3n) is 2.93. The number of halogens is 1. The number of rotatable bonds is 10. The number of hydrogen-bond donors (Lipinski definition) is 1. The Bertz CT molecular complexity index is 472. The quantitative estimate of drug-likeness (QED) is 0.303. The third kappa shape index (κ3) is 6.81. The average Bonchev–Trinajstić information content (AvgIpc) is 2.50. The molecule has 0 spiro atoms. The van der Waals surface area contributed by atoms with Gasteiger partial charge in [0, 0.05) is 39.4 Å². The maximum atomic E-state index is 11.7. The van der Waals surface area contributed by atoms with Gasteiger partial charge in [-0.15, -0.1) is 0 Å². The standard InChI is InChI=1S/C14H23ClN4O2S/c1-4-19(5-2)12-9-11(15)17-14(18-12)22-10-13(20)16-7-6-8-21-3/h9H,4-8,10H2,1-3H3,(H,16,20). The maximum absolute atomic E-state index is 11.7. The number of ether oxygens (including phenoxy) is 1. The van der Waals surface area contributed by atoms with Gasteiger partial charge >= 0.3 is 0 Å². The second-order valence-corrected chi connectivity index (χ2v) is 5.82. The molecule has 8 heteroatoms. The first kappa shape index (κ1) is 19.0. The fourth-order valence-electron chi connectivity index (χ4n) is 1.79. The number of nitrogens with one attached hydrogen (secondary N) is 1. The van der Waals surface area contributed by atoms with Crippen molar-refractivity contribution in [3.8, 4) is 0 Å². The van der Waals surface area contributed by atoms with Gasteiger partial charge in [-0.3, -0.25) is 4.79 Å². The first-order chi connectivity index (χ1) is 10.6. The Morgan fingerprint density at radius 1 is 1.41 bits per heavy atom. The Labute approximate surface area is 141 Å². The van der Waals surface area contributed by atoms with E-state index in [0.29, 0.717) is 23.5 Å². The summed E-state index contributed by atoms with van der Waals surface area (Å²) >= 11 is 7.32. The third-order valence-corrected chi connectivity index (χ3v) is 3.97. The van der Waals surface area contributed by atoms with Crippen LogP contribution in [0.25, 0.3) is 0 Å². The van der Waals surface area contributed by atoms with E-state index in [1.165, 1.54) is 11.8 Å². The van der Waals surface area contributed by atoms with E-state index in [-0.39, 0.29) is 11.7 Å². The number of carbonyl (C=O) groups is 1. The Balaban J connectivity index is 2.53. The molecule has 6 nitrogen and oxygen atoms in total. The van der Waals surface area contributed by atoms with Gasteiger partial charge in [0.2, 0.25) is 5.91 Å². The molecule has 1 aromatic rings. The molecule has 0 aliphatic carbocycles. The first-order valence-corrected chi connectivity index (χ1v) is 8.65. The number of anilines is 1. The van der Waals surface area contributed by atoms with Crippen molar-refractivity contribution in [2.24, 2.45) is 0 Å². The molecule has 1 heterocycles. The molecule has 1 aromatic heterocycles. The molecule has 0 radical (unpaired) electrons. The molecule has 0 aliphatic heterocycles. The van der Waals surface area contributed by atoms with Crippen LogP contribution in [0, 0.1) is 0 Å². The summed E-state index contributed by atoms with van der Waals surface area (Å²) in [6, 6.07) is 1.74. The van der Waals surface area contributed by atoms with E-state index in [2.05, 4.69) is 34.0 Å². The number of thioether (sulfide) groups is 1. The van der Waals surface area contributed by atoms with Crippen molar-refractivity contribution in [3.05, 3.63) is 11.2 Å². The van der Waals surface area contributed by atoms with Gasteiger partial charge in [-0.2, -0.15) is 0 Å². The zero-order valence-corrected chi connectivity index (χ0v) is 14.8. The van der Waals surface area contributed by atoms with Gasteiger partial charge in [-0.05, 0) is 20.3 Å². The predicted octanol–water partition coefficient (Wildman–Crippen LogP) is 2.22. The van der Waals surface area contributed by atoms with Gasteiger partial charge in [0.1, 0.15) is 11.0 Å². The molecule has 0 fully saturated rings. The second-order valence-electron chi connectivity index (χ2n) is 4.49. The molecule has 124 valence electrons. The van der Waals surface area contributed by atoms with Crippen LogP contribution in [-0.4, -0.2) is 55.0 Å². The molecule has 0 aromatic carbocycles. The van der Waals surface area contributed by atoms with Crippen LogP contribution in [0.5, 0.6) is 0 Å². The highest BCUT2D eigenvalue weighted by molar-refractivity contribution is 7.99. The highest BCUT2D eigenvalue weighted by Gasteiger charge is 2.10. The van der Waals surface area contributed by atoms with E-state index in [9.17, 15) is 4.79 Å². The van der Waals surface area contributed by atoms with Crippen molar-refractivity contribution in [1.82, 2.24) is 15.3 Å². The Morgan fingerprint density at radius 2 is 2.14 bits per heavy atom. The van der Waals surface area contributed by atoms with E-state index in [1.807, 2.05) is 0 Å². The minimum Gasteiger partial charge on any atom is -0.385 e. The van der Waals surface area contributed by atoms with Gasteiger partial charge < -0.3 is 15.0 Å². The number of nitrogens with zero attached hydrogens (tertiary/aromatic N) is 3. The van der Waals surface area contributed by atoms with E-state index >= 15 is 0 Å². The van der Waals surface area contributed by atoms with Gasteiger partial charge in [0.05, 0.1) is 5.75 Å². The second kappa shape index (κ2) is 10.6. The number of methoxy groups -OCH3 is 1. The SMILES string of the molecule is CCN(CC)c1cc(Cl)nc(SCC(=O)NCCCOC)n1. The molecule has 1 N–H and O–H groups in total. The van der Waals surface area contributed by atoms with Crippen LogP contribution < -0.4 is 10.2 Å². The lowest BCUT2D eigenvalue weighted by atomic mass is 10.4. The number of amides is 1. The summed E-state index contributed by atoms with van der Waals surface area (Å²) in [6.45, 7) is 7.04. The van der Waals surface area contributed by atoms with Crippen LogP contribution in [0.2, 0.25) is 5.15 Å².